The highest BCUT2D eigenvalue weighted by molar-refractivity contribution is 6.32. The van der Waals surface area contributed by atoms with Crippen LogP contribution in [0.3, 0.4) is 0 Å². The van der Waals surface area contributed by atoms with Crippen molar-refractivity contribution in [3.8, 4) is 0 Å². The number of nitrogens with zero attached hydrogens (tertiary/aromatic N) is 1. The van der Waals surface area contributed by atoms with Crippen LogP contribution >= 0.6 is 11.6 Å². The largest absolute Gasteiger partial charge is 0.381 e. The maximum absolute atomic E-state index is 10.7. The van der Waals surface area contributed by atoms with Crippen LogP contribution in [0.1, 0.15) is 16.7 Å². The van der Waals surface area contributed by atoms with Gasteiger partial charge >= 0.3 is 0 Å². The molecule has 0 bridgehead atoms. The molecule has 4 nitrogen and oxygen atoms in total. The van der Waals surface area contributed by atoms with Crippen LogP contribution < -0.4 is 5.32 Å². The molecule has 0 radical (unpaired) electrons. The first-order valence-corrected chi connectivity index (χ1v) is 6.59. The molecular formula is C15H15ClN2O2. The van der Waals surface area contributed by atoms with Gasteiger partial charge in [-0.25, -0.2) is 0 Å². The highest BCUT2D eigenvalue weighted by atomic mass is 35.5. The normalized spacial score (nSPS) is 10.3. The summed E-state index contributed by atoms with van der Waals surface area (Å²) in [6.07, 6.45) is 0. The van der Waals surface area contributed by atoms with Crippen molar-refractivity contribution in [3.05, 3.63) is 68.2 Å². The van der Waals surface area contributed by atoms with Gasteiger partial charge in [0.05, 0.1) is 4.92 Å². The second-order valence-electron chi connectivity index (χ2n) is 4.70. The average Bonchev–Trinajstić information content (AvgIpc) is 2.40. The van der Waals surface area contributed by atoms with Gasteiger partial charge < -0.3 is 5.32 Å². The number of aryl methyl sites for hydroxylation is 2. The lowest BCUT2D eigenvalue weighted by Gasteiger charge is -2.09. The molecule has 0 fully saturated rings. The van der Waals surface area contributed by atoms with Gasteiger partial charge in [-0.05, 0) is 42.7 Å². The molecule has 0 amide bonds. The molecule has 2 aromatic carbocycles. The predicted octanol–water partition coefficient (Wildman–Crippen LogP) is 4.48. The van der Waals surface area contributed by atoms with Gasteiger partial charge in [0.2, 0.25) is 0 Å². The molecule has 0 saturated carbocycles. The number of nitro benzene ring substituents is 1. The molecular weight excluding hydrogens is 276 g/mol. The van der Waals surface area contributed by atoms with Gasteiger partial charge in [0.15, 0.2) is 0 Å². The summed E-state index contributed by atoms with van der Waals surface area (Å²) < 4.78 is 0. The summed E-state index contributed by atoms with van der Waals surface area (Å²) in [6.45, 7) is 4.79. The zero-order valence-corrected chi connectivity index (χ0v) is 12.1. The molecule has 104 valence electrons. The number of nitrogens with one attached hydrogen (secondary N) is 1. The summed E-state index contributed by atoms with van der Waals surface area (Å²) in [5.41, 5.74) is 4.34. The lowest BCUT2D eigenvalue weighted by molar-refractivity contribution is -0.384. The molecule has 0 aliphatic carbocycles. The van der Waals surface area contributed by atoms with Gasteiger partial charge in [0.25, 0.3) is 5.69 Å². The Morgan fingerprint density at radius 1 is 1.15 bits per heavy atom. The maximum atomic E-state index is 10.7. The SMILES string of the molecule is Cc1ccc(CNc2ccc([N+](=O)[O-])c(Cl)c2)cc1C. The number of nitro groups is 1. The quantitative estimate of drug-likeness (QED) is 0.667. The number of rotatable bonds is 4. The van der Waals surface area contributed by atoms with E-state index in [9.17, 15) is 10.1 Å². The standard InChI is InChI=1S/C15H15ClN2O2/c1-10-3-4-12(7-11(10)2)9-17-13-5-6-15(18(19)20)14(16)8-13/h3-8,17H,9H2,1-2H3. The Labute approximate surface area is 122 Å². The van der Waals surface area contributed by atoms with E-state index in [1.807, 2.05) is 0 Å². The number of halogens is 1. The third-order valence-corrected chi connectivity index (χ3v) is 3.52. The fourth-order valence-corrected chi connectivity index (χ4v) is 2.13. The zero-order chi connectivity index (χ0) is 14.7. The molecule has 5 heteroatoms. The monoisotopic (exact) mass is 290 g/mol. The minimum atomic E-state index is -0.491. The highest BCUT2D eigenvalue weighted by Gasteiger charge is 2.11. The minimum Gasteiger partial charge on any atom is -0.381 e. The van der Waals surface area contributed by atoms with Gasteiger partial charge in [0, 0.05) is 18.3 Å². The smallest absolute Gasteiger partial charge is 0.288 e. The topological polar surface area (TPSA) is 55.2 Å². The van der Waals surface area contributed by atoms with E-state index in [4.69, 9.17) is 11.6 Å². The van der Waals surface area contributed by atoms with Crippen molar-refractivity contribution in [2.75, 3.05) is 5.32 Å². The molecule has 20 heavy (non-hydrogen) atoms. The Kier molecular flexibility index (Phi) is 4.25. The molecule has 0 atom stereocenters. The predicted molar refractivity (Wildman–Crippen MR) is 81.3 cm³/mol. The van der Waals surface area contributed by atoms with Crippen LogP contribution in [0, 0.1) is 24.0 Å². The average molecular weight is 291 g/mol. The van der Waals surface area contributed by atoms with Gasteiger partial charge in [-0.2, -0.15) is 0 Å². The molecule has 0 heterocycles. The first-order chi connectivity index (χ1) is 9.47. The van der Waals surface area contributed by atoms with E-state index in [1.165, 1.54) is 17.2 Å². The van der Waals surface area contributed by atoms with Crippen molar-refractivity contribution in [2.45, 2.75) is 20.4 Å². The summed E-state index contributed by atoms with van der Waals surface area (Å²) in [7, 11) is 0. The fraction of sp³-hybridized carbons (Fsp3) is 0.200. The van der Waals surface area contributed by atoms with Crippen LogP contribution in [-0.4, -0.2) is 4.92 Å². The molecule has 0 spiro atoms. The first kappa shape index (κ1) is 14.3. The van der Waals surface area contributed by atoms with Crippen molar-refractivity contribution in [1.29, 1.82) is 0 Å². The van der Waals surface area contributed by atoms with Gasteiger partial charge in [0.1, 0.15) is 5.02 Å². The van der Waals surface area contributed by atoms with E-state index in [0.29, 0.717) is 6.54 Å². The summed E-state index contributed by atoms with van der Waals surface area (Å²) in [6, 6.07) is 10.9. The third-order valence-electron chi connectivity index (χ3n) is 3.21. The van der Waals surface area contributed by atoms with E-state index in [1.54, 1.807) is 12.1 Å². The molecule has 0 aliphatic rings. The van der Waals surface area contributed by atoms with Crippen molar-refractivity contribution >= 4 is 23.0 Å². The van der Waals surface area contributed by atoms with Crippen LogP contribution in [0.15, 0.2) is 36.4 Å². The Morgan fingerprint density at radius 2 is 1.90 bits per heavy atom. The Morgan fingerprint density at radius 3 is 2.50 bits per heavy atom. The van der Waals surface area contributed by atoms with E-state index in [2.05, 4.69) is 37.4 Å². The van der Waals surface area contributed by atoms with Crippen LogP contribution in [0.5, 0.6) is 0 Å². The van der Waals surface area contributed by atoms with Crippen molar-refractivity contribution < 1.29 is 4.92 Å². The lowest BCUT2D eigenvalue weighted by atomic mass is 10.1. The van der Waals surface area contributed by atoms with E-state index < -0.39 is 4.92 Å². The Bertz CT molecular complexity index is 656. The van der Waals surface area contributed by atoms with E-state index in [-0.39, 0.29) is 10.7 Å². The lowest BCUT2D eigenvalue weighted by Crippen LogP contribution is -2.00. The second kappa shape index (κ2) is 5.92. The number of benzene rings is 2. The van der Waals surface area contributed by atoms with E-state index >= 15 is 0 Å². The molecule has 0 aromatic heterocycles. The summed E-state index contributed by atoms with van der Waals surface area (Å²) in [4.78, 5) is 10.2. The van der Waals surface area contributed by atoms with Crippen LogP contribution in [-0.2, 0) is 6.54 Å². The molecule has 0 saturated heterocycles. The summed E-state index contributed by atoms with van der Waals surface area (Å²) in [5, 5.41) is 14.0. The first-order valence-electron chi connectivity index (χ1n) is 6.21. The zero-order valence-electron chi connectivity index (χ0n) is 11.3. The van der Waals surface area contributed by atoms with Gasteiger partial charge in [-0.3, -0.25) is 10.1 Å². The van der Waals surface area contributed by atoms with E-state index in [0.717, 1.165) is 11.3 Å². The Balaban J connectivity index is 2.09. The van der Waals surface area contributed by atoms with Crippen molar-refractivity contribution in [1.82, 2.24) is 0 Å². The number of hydrogen-bond acceptors (Lipinski definition) is 3. The van der Waals surface area contributed by atoms with Crippen LogP contribution in [0.4, 0.5) is 11.4 Å². The summed E-state index contributed by atoms with van der Waals surface area (Å²) in [5.74, 6) is 0. The molecule has 2 rings (SSSR count). The summed E-state index contributed by atoms with van der Waals surface area (Å²) >= 11 is 5.87. The molecule has 0 aliphatic heterocycles. The molecule has 0 unspecified atom stereocenters. The van der Waals surface area contributed by atoms with Crippen LogP contribution in [0.2, 0.25) is 5.02 Å². The third kappa shape index (κ3) is 3.27. The second-order valence-corrected chi connectivity index (χ2v) is 5.10. The van der Waals surface area contributed by atoms with Gasteiger partial charge in [-0.15, -0.1) is 0 Å². The maximum Gasteiger partial charge on any atom is 0.288 e. The number of hydrogen-bond donors (Lipinski definition) is 1. The number of anilines is 1. The highest BCUT2D eigenvalue weighted by Crippen LogP contribution is 2.27. The minimum absolute atomic E-state index is 0.0802. The molecule has 1 N–H and O–H groups in total. The Hall–Kier alpha value is -2.07. The van der Waals surface area contributed by atoms with Crippen molar-refractivity contribution in [2.24, 2.45) is 0 Å². The van der Waals surface area contributed by atoms with Crippen LogP contribution in [0.25, 0.3) is 0 Å². The van der Waals surface area contributed by atoms with Crippen molar-refractivity contribution in [3.63, 3.8) is 0 Å². The fourth-order valence-electron chi connectivity index (χ4n) is 1.88. The molecule has 2 aromatic rings. The van der Waals surface area contributed by atoms with Gasteiger partial charge in [-0.1, -0.05) is 29.8 Å².